The molecule has 19 heavy (non-hydrogen) atoms. The molecule has 0 aromatic heterocycles. The highest BCUT2D eigenvalue weighted by Gasteiger charge is 2.00. The number of benzene rings is 2. The third kappa shape index (κ3) is 3.64. The molecule has 2 aromatic carbocycles. The highest BCUT2D eigenvalue weighted by atomic mass is 16.3. The Labute approximate surface area is 111 Å². The van der Waals surface area contributed by atoms with Crippen LogP contribution < -0.4 is 16.4 Å². The predicted octanol–water partition coefficient (Wildman–Crippen LogP) is 2.49. The van der Waals surface area contributed by atoms with Crippen molar-refractivity contribution in [3.63, 3.8) is 0 Å². The largest absolute Gasteiger partial charge is 0.508 e. The van der Waals surface area contributed by atoms with Crippen molar-refractivity contribution in [3.05, 3.63) is 54.1 Å². The zero-order valence-electron chi connectivity index (χ0n) is 10.3. The molecule has 0 radical (unpaired) electrons. The second kappa shape index (κ2) is 5.77. The Bertz CT molecular complexity index is 567. The summed E-state index contributed by atoms with van der Waals surface area (Å²) in [6.07, 6.45) is 0. The lowest BCUT2D eigenvalue weighted by molar-refractivity contribution is 0.259. The van der Waals surface area contributed by atoms with Gasteiger partial charge in [0.25, 0.3) is 0 Å². The Morgan fingerprint density at radius 2 is 1.68 bits per heavy atom. The van der Waals surface area contributed by atoms with Crippen LogP contribution in [0.25, 0.3) is 0 Å². The Morgan fingerprint density at radius 3 is 2.32 bits per heavy atom. The van der Waals surface area contributed by atoms with E-state index >= 15 is 0 Å². The number of phenols is 1. The second-order valence-corrected chi connectivity index (χ2v) is 4.05. The van der Waals surface area contributed by atoms with Gasteiger partial charge in [-0.3, -0.25) is 0 Å². The number of amides is 2. The molecule has 0 bridgehead atoms. The number of hydrogen-bond acceptors (Lipinski definition) is 3. The summed E-state index contributed by atoms with van der Waals surface area (Å²) >= 11 is 0. The van der Waals surface area contributed by atoms with Gasteiger partial charge in [-0.15, -0.1) is 0 Å². The average Bonchev–Trinajstić information content (AvgIpc) is 2.39. The van der Waals surface area contributed by atoms with Crippen molar-refractivity contribution in [2.45, 2.75) is 6.54 Å². The summed E-state index contributed by atoms with van der Waals surface area (Å²) in [7, 11) is 0. The lowest BCUT2D eigenvalue weighted by Gasteiger charge is -2.09. The fourth-order valence-electron chi connectivity index (χ4n) is 1.67. The third-order valence-electron chi connectivity index (χ3n) is 2.63. The molecule has 0 saturated heterocycles. The van der Waals surface area contributed by atoms with Gasteiger partial charge in [0, 0.05) is 23.5 Å². The highest BCUT2D eigenvalue weighted by molar-refractivity contribution is 5.87. The van der Waals surface area contributed by atoms with Crippen LogP contribution in [0.15, 0.2) is 48.5 Å². The minimum Gasteiger partial charge on any atom is -0.508 e. The fourth-order valence-corrected chi connectivity index (χ4v) is 1.67. The molecule has 2 aromatic rings. The first-order chi connectivity index (χ1) is 9.15. The molecule has 0 fully saturated rings. The van der Waals surface area contributed by atoms with Crippen LogP contribution in [0.1, 0.15) is 5.56 Å². The molecule has 5 nitrogen and oxygen atoms in total. The molecule has 0 aliphatic carbocycles. The van der Waals surface area contributed by atoms with E-state index in [-0.39, 0.29) is 5.75 Å². The van der Waals surface area contributed by atoms with Crippen molar-refractivity contribution in [3.8, 4) is 5.75 Å². The van der Waals surface area contributed by atoms with Gasteiger partial charge >= 0.3 is 6.03 Å². The van der Waals surface area contributed by atoms with E-state index in [2.05, 4.69) is 10.6 Å². The van der Waals surface area contributed by atoms with E-state index in [4.69, 9.17) is 5.73 Å². The number of carbonyl (C=O) groups is 1. The van der Waals surface area contributed by atoms with Gasteiger partial charge in [0.05, 0.1) is 0 Å². The van der Waals surface area contributed by atoms with Crippen molar-refractivity contribution in [1.82, 2.24) is 0 Å². The molecule has 0 unspecified atom stereocenters. The molecule has 2 amide bonds. The number of anilines is 2. The third-order valence-corrected chi connectivity index (χ3v) is 2.63. The van der Waals surface area contributed by atoms with Gasteiger partial charge in [0.15, 0.2) is 0 Å². The highest BCUT2D eigenvalue weighted by Crippen LogP contribution is 2.18. The van der Waals surface area contributed by atoms with Crippen molar-refractivity contribution in [2.24, 2.45) is 5.73 Å². The van der Waals surface area contributed by atoms with Crippen LogP contribution in [0, 0.1) is 0 Å². The van der Waals surface area contributed by atoms with E-state index in [1.807, 2.05) is 24.3 Å². The van der Waals surface area contributed by atoms with Gasteiger partial charge in [-0.1, -0.05) is 18.2 Å². The van der Waals surface area contributed by atoms with Crippen LogP contribution in [0.3, 0.4) is 0 Å². The quantitative estimate of drug-likeness (QED) is 0.678. The van der Waals surface area contributed by atoms with Crippen molar-refractivity contribution < 1.29 is 9.90 Å². The molecular formula is C14H15N3O2. The Kier molecular flexibility index (Phi) is 3.87. The maximum absolute atomic E-state index is 10.7. The number of carbonyl (C=O) groups excluding carboxylic acids is 1. The summed E-state index contributed by atoms with van der Waals surface area (Å²) in [5.41, 5.74) is 7.37. The lowest BCUT2D eigenvalue weighted by atomic mass is 10.2. The molecule has 0 aliphatic heterocycles. The first kappa shape index (κ1) is 12.8. The zero-order valence-corrected chi connectivity index (χ0v) is 10.3. The molecule has 0 atom stereocenters. The van der Waals surface area contributed by atoms with Crippen LogP contribution in [0.2, 0.25) is 0 Å². The van der Waals surface area contributed by atoms with E-state index in [1.54, 1.807) is 24.3 Å². The van der Waals surface area contributed by atoms with Gasteiger partial charge in [-0.05, 0) is 30.3 Å². The molecule has 0 saturated carbocycles. The summed E-state index contributed by atoms with van der Waals surface area (Å²) in [6.45, 7) is 0.523. The average molecular weight is 257 g/mol. The molecule has 98 valence electrons. The van der Waals surface area contributed by atoms with Crippen LogP contribution in [-0.4, -0.2) is 11.1 Å². The monoisotopic (exact) mass is 257 g/mol. The van der Waals surface area contributed by atoms with Crippen molar-refractivity contribution >= 4 is 17.4 Å². The maximum atomic E-state index is 10.7. The Morgan fingerprint density at radius 1 is 1.05 bits per heavy atom. The second-order valence-electron chi connectivity index (χ2n) is 4.05. The number of phenolic OH excluding ortho intramolecular Hbond substituents is 1. The zero-order chi connectivity index (χ0) is 13.7. The van der Waals surface area contributed by atoms with E-state index in [9.17, 15) is 9.90 Å². The number of urea groups is 1. The van der Waals surface area contributed by atoms with E-state index in [0.717, 1.165) is 11.3 Å². The summed E-state index contributed by atoms with van der Waals surface area (Å²) in [4.78, 5) is 10.7. The first-order valence-corrected chi connectivity index (χ1v) is 5.82. The smallest absolute Gasteiger partial charge is 0.316 e. The maximum Gasteiger partial charge on any atom is 0.316 e. The SMILES string of the molecule is NC(=O)Nc1ccc(NCc2ccccc2O)cc1. The molecule has 5 N–H and O–H groups in total. The van der Waals surface area contributed by atoms with Crippen molar-refractivity contribution in [1.29, 1.82) is 0 Å². The number of aromatic hydroxyl groups is 1. The predicted molar refractivity (Wildman–Crippen MR) is 75.1 cm³/mol. The van der Waals surface area contributed by atoms with Crippen molar-refractivity contribution in [2.75, 3.05) is 10.6 Å². The summed E-state index contributed by atoms with van der Waals surface area (Å²) in [5, 5.41) is 15.3. The van der Waals surface area contributed by atoms with E-state index in [1.165, 1.54) is 0 Å². The summed E-state index contributed by atoms with van der Waals surface area (Å²) in [5.74, 6) is 0.266. The van der Waals surface area contributed by atoms with Gasteiger partial charge in [0.2, 0.25) is 0 Å². The first-order valence-electron chi connectivity index (χ1n) is 5.82. The van der Waals surface area contributed by atoms with E-state index in [0.29, 0.717) is 12.2 Å². The topological polar surface area (TPSA) is 87.4 Å². The molecular weight excluding hydrogens is 242 g/mol. The normalized spacial score (nSPS) is 9.89. The standard InChI is InChI=1S/C14H15N3O2/c15-14(19)17-12-7-5-11(6-8-12)16-9-10-3-1-2-4-13(10)18/h1-8,16,18H,9H2,(H3,15,17,19). The summed E-state index contributed by atoms with van der Waals surface area (Å²) in [6, 6.07) is 13.7. The molecule has 0 heterocycles. The van der Waals surface area contributed by atoms with Gasteiger partial charge in [0.1, 0.15) is 5.75 Å². The minimum absolute atomic E-state index is 0.266. The van der Waals surface area contributed by atoms with Crippen LogP contribution >= 0.6 is 0 Å². The van der Waals surface area contributed by atoms with Gasteiger partial charge < -0.3 is 21.5 Å². The number of primary amides is 1. The fraction of sp³-hybridized carbons (Fsp3) is 0.0714. The number of nitrogens with one attached hydrogen (secondary N) is 2. The Hall–Kier alpha value is -2.69. The minimum atomic E-state index is -0.588. The molecule has 0 aliphatic rings. The van der Waals surface area contributed by atoms with E-state index < -0.39 is 6.03 Å². The molecule has 2 rings (SSSR count). The lowest BCUT2D eigenvalue weighted by Crippen LogP contribution is -2.19. The van der Waals surface area contributed by atoms with Gasteiger partial charge in [-0.2, -0.15) is 0 Å². The van der Waals surface area contributed by atoms with Gasteiger partial charge in [-0.25, -0.2) is 4.79 Å². The van der Waals surface area contributed by atoms with Crippen LogP contribution in [0.4, 0.5) is 16.2 Å². The number of hydrogen-bond donors (Lipinski definition) is 4. The Balaban J connectivity index is 1.97. The van der Waals surface area contributed by atoms with Crippen LogP contribution in [0.5, 0.6) is 5.75 Å². The molecule has 0 spiro atoms. The number of nitrogens with two attached hydrogens (primary N) is 1. The molecule has 5 heteroatoms. The van der Waals surface area contributed by atoms with Crippen LogP contribution in [-0.2, 0) is 6.54 Å². The summed E-state index contributed by atoms with van der Waals surface area (Å²) < 4.78 is 0. The number of para-hydroxylation sites is 1. The number of rotatable bonds is 4.